The number of aliphatic hydroxyl groups excluding tert-OH is 1. The molecule has 314 valence electrons. The van der Waals surface area contributed by atoms with E-state index in [1.54, 1.807) is 7.05 Å². The molecule has 0 saturated heterocycles. The highest BCUT2D eigenvalue weighted by atomic mass is 16.5. The maximum Gasteiger partial charge on any atom is 0.222 e. The first kappa shape index (κ1) is 51.1. The Labute approximate surface area is 322 Å². The molecule has 0 saturated carbocycles. The SMILES string of the molecule is CCCCCCCCCCCCCCCC(=O)NCCOCCOCCC(=O)NCCOCCOCCC(=O)NCCCCC(NC(C)C)C(O)NC. The van der Waals surface area contributed by atoms with Crippen LogP contribution >= 0.6 is 0 Å². The van der Waals surface area contributed by atoms with Gasteiger partial charge in [0.25, 0.3) is 0 Å². The average Bonchev–Trinajstić information content (AvgIpc) is 3.14. The molecule has 0 rings (SSSR count). The van der Waals surface area contributed by atoms with Gasteiger partial charge in [-0.05, 0) is 32.7 Å². The van der Waals surface area contributed by atoms with E-state index in [9.17, 15) is 19.5 Å². The molecule has 13 nitrogen and oxygen atoms in total. The highest BCUT2D eigenvalue weighted by Crippen LogP contribution is 2.13. The van der Waals surface area contributed by atoms with Crippen molar-refractivity contribution in [2.75, 3.05) is 79.5 Å². The second-order valence-corrected chi connectivity index (χ2v) is 14.1. The van der Waals surface area contributed by atoms with Crippen LogP contribution in [0.5, 0.6) is 0 Å². The molecule has 0 aliphatic heterocycles. The summed E-state index contributed by atoms with van der Waals surface area (Å²) in [6.07, 6.45) is 19.9. The number of nitrogens with one attached hydrogen (secondary N) is 5. The zero-order valence-corrected chi connectivity index (χ0v) is 34.3. The van der Waals surface area contributed by atoms with Crippen LogP contribution in [0.4, 0.5) is 0 Å². The smallest absolute Gasteiger partial charge is 0.222 e. The van der Waals surface area contributed by atoms with E-state index >= 15 is 0 Å². The van der Waals surface area contributed by atoms with Crippen molar-refractivity contribution >= 4 is 17.7 Å². The molecule has 2 atom stereocenters. The third-order valence-electron chi connectivity index (χ3n) is 8.82. The number of unbranched alkanes of at least 4 members (excludes halogenated alkanes) is 13. The van der Waals surface area contributed by atoms with E-state index in [0.717, 1.165) is 32.1 Å². The fraction of sp³-hybridized carbons (Fsp3) is 0.925. The van der Waals surface area contributed by atoms with Crippen molar-refractivity contribution < 1.29 is 38.4 Å². The first-order valence-corrected chi connectivity index (χ1v) is 21.0. The molecule has 0 aliphatic carbocycles. The maximum atomic E-state index is 12.0. The van der Waals surface area contributed by atoms with E-state index in [4.69, 9.17) is 18.9 Å². The fourth-order valence-corrected chi connectivity index (χ4v) is 5.75. The van der Waals surface area contributed by atoms with Gasteiger partial charge in [-0.25, -0.2) is 0 Å². The van der Waals surface area contributed by atoms with Gasteiger partial charge in [0.1, 0.15) is 6.23 Å². The third-order valence-corrected chi connectivity index (χ3v) is 8.82. The van der Waals surface area contributed by atoms with Crippen molar-refractivity contribution in [3.05, 3.63) is 0 Å². The van der Waals surface area contributed by atoms with Crippen LogP contribution in [0.1, 0.15) is 143 Å². The van der Waals surface area contributed by atoms with Crippen molar-refractivity contribution in [3.8, 4) is 0 Å². The Kier molecular flexibility index (Phi) is 38.4. The molecule has 0 bridgehead atoms. The number of carbonyl (C=O) groups is 3. The Morgan fingerprint density at radius 1 is 0.509 bits per heavy atom. The maximum absolute atomic E-state index is 12.0. The van der Waals surface area contributed by atoms with E-state index in [2.05, 4.69) is 47.4 Å². The summed E-state index contributed by atoms with van der Waals surface area (Å²) in [5.74, 6) is -0.0663. The van der Waals surface area contributed by atoms with Crippen LogP contribution < -0.4 is 26.6 Å². The number of aliphatic hydroxyl groups is 1. The van der Waals surface area contributed by atoms with E-state index in [1.807, 2.05) is 0 Å². The summed E-state index contributed by atoms with van der Waals surface area (Å²) in [7, 11) is 1.74. The predicted octanol–water partition coefficient (Wildman–Crippen LogP) is 4.74. The first-order valence-electron chi connectivity index (χ1n) is 21.0. The van der Waals surface area contributed by atoms with Crippen molar-refractivity contribution in [2.24, 2.45) is 0 Å². The molecule has 6 N–H and O–H groups in total. The number of amides is 3. The molecule has 0 aliphatic rings. The lowest BCUT2D eigenvalue weighted by Crippen LogP contribution is -2.49. The number of hydrogen-bond acceptors (Lipinski definition) is 10. The van der Waals surface area contributed by atoms with Crippen molar-refractivity contribution in [3.63, 3.8) is 0 Å². The lowest BCUT2D eigenvalue weighted by molar-refractivity contribution is -0.123. The minimum absolute atomic E-state index is 0.0266. The standard InChI is InChI=1S/C40H81N5O8/c1-5-6-7-8-9-10-11-12-13-14-15-16-17-21-37(46)43-25-29-52-33-32-51-28-23-39(48)44-26-30-53-34-31-50-27-22-38(47)42-24-19-18-20-36(40(49)41-4)45-35(2)3/h35-36,40-41,45,49H,5-34H2,1-4H3,(H,42,47)(H,43,46)(H,44,48). The van der Waals surface area contributed by atoms with Crippen LogP contribution in [0.3, 0.4) is 0 Å². The van der Waals surface area contributed by atoms with Crippen molar-refractivity contribution in [1.82, 2.24) is 26.6 Å². The highest BCUT2D eigenvalue weighted by Gasteiger charge is 2.17. The summed E-state index contributed by atoms with van der Waals surface area (Å²) in [4.78, 5) is 35.9. The largest absolute Gasteiger partial charge is 0.379 e. The topological polar surface area (TPSA) is 169 Å². The second-order valence-electron chi connectivity index (χ2n) is 14.1. The fourth-order valence-electron chi connectivity index (χ4n) is 5.75. The number of ether oxygens (including phenoxy) is 4. The van der Waals surface area contributed by atoms with Gasteiger partial charge in [0.05, 0.1) is 52.9 Å². The first-order chi connectivity index (χ1) is 25.8. The van der Waals surface area contributed by atoms with Gasteiger partial charge in [-0.1, -0.05) is 97.8 Å². The monoisotopic (exact) mass is 760 g/mol. The van der Waals surface area contributed by atoms with Crippen LogP contribution in [0, 0.1) is 0 Å². The molecule has 0 fully saturated rings. The molecule has 0 spiro atoms. The minimum atomic E-state index is -0.600. The van der Waals surface area contributed by atoms with Crippen LogP contribution in [0.15, 0.2) is 0 Å². The van der Waals surface area contributed by atoms with Gasteiger partial charge in [-0.15, -0.1) is 0 Å². The molecule has 0 heterocycles. The van der Waals surface area contributed by atoms with Crippen molar-refractivity contribution in [2.45, 2.75) is 161 Å². The highest BCUT2D eigenvalue weighted by molar-refractivity contribution is 5.76. The van der Waals surface area contributed by atoms with Gasteiger partial charge in [0.2, 0.25) is 17.7 Å². The number of rotatable bonds is 41. The summed E-state index contributed by atoms with van der Waals surface area (Å²) in [6.45, 7) is 10.9. The van der Waals surface area contributed by atoms with Gasteiger partial charge in [-0.2, -0.15) is 0 Å². The van der Waals surface area contributed by atoms with Crippen molar-refractivity contribution in [1.29, 1.82) is 0 Å². The molecule has 13 heteroatoms. The summed E-state index contributed by atoms with van der Waals surface area (Å²) >= 11 is 0. The number of carbonyl (C=O) groups excluding carboxylic acids is 3. The number of likely N-dealkylation sites (N-methyl/N-ethyl adjacent to an activating group) is 1. The Morgan fingerprint density at radius 2 is 0.925 bits per heavy atom. The summed E-state index contributed by atoms with van der Waals surface area (Å²) in [6, 6.07) is 0.256. The molecular formula is C40H81N5O8. The molecule has 53 heavy (non-hydrogen) atoms. The lowest BCUT2D eigenvalue weighted by atomic mass is 10.0. The minimum Gasteiger partial charge on any atom is -0.379 e. The van der Waals surface area contributed by atoms with Gasteiger partial charge < -0.3 is 45.3 Å². The van der Waals surface area contributed by atoms with E-state index in [0.29, 0.717) is 78.9 Å². The lowest BCUT2D eigenvalue weighted by Gasteiger charge is -2.26. The van der Waals surface area contributed by atoms with Crippen LogP contribution in [-0.2, 0) is 33.3 Å². The average molecular weight is 760 g/mol. The molecule has 0 aromatic heterocycles. The Morgan fingerprint density at radius 3 is 1.38 bits per heavy atom. The summed E-state index contributed by atoms with van der Waals surface area (Å²) in [5.41, 5.74) is 0. The Bertz CT molecular complexity index is 839. The Hall–Kier alpha value is -1.87. The van der Waals surface area contributed by atoms with Gasteiger partial charge >= 0.3 is 0 Å². The summed E-state index contributed by atoms with van der Waals surface area (Å²) < 4.78 is 21.9. The van der Waals surface area contributed by atoms with E-state index in [1.165, 1.54) is 70.6 Å². The van der Waals surface area contributed by atoms with Crippen LogP contribution in [-0.4, -0.2) is 121 Å². The van der Waals surface area contributed by atoms with Gasteiger partial charge in [0, 0.05) is 51.0 Å². The van der Waals surface area contributed by atoms with E-state index in [-0.39, 0.29) is 42.6 Å². The zero-order chi connectivity index (χ0) is 39.0. The third kappa shape index (κ3) is 38.2. The molecular weight excluding hydrogens is 678 g/mol. The van der Waals surface area contributed by atoms with Gasteiger partial charge in [-0.3, -0.25) is 19.7 Å². The normalized spacial score (nSPS) is 12.6. The Balaban J connectivity index is 3.41. The molecule has 2 unspecified atom stereocenters. The molecule has 0 radical (unpaired) electrons. The van der Waals surface area contributed by atoms with Crippen LogP contribution in [0.25, 0.3) is 0 Å². The molecule has 3 amide bonds. The van der Waals surface area contributed by atoms with Crippen LogP contribution in [0.2, 0.25) is 0 Å². The molecule has 0 aromatic carbocycles. The molecule has 0 aromatic rings. The zero-order valence-electron chi connectivity index (χ0n) is 34.3. The summed E-state index contributed by atoms with van der Waals surface area (Å²) in [5, 5.41) is 24.9. The van der Waals surface area contributed by atoms with Gasteiger partial charge in [0.15, 0.2) is 0 Å². The van der Waals surface area contributed by atoms with E-state index < -0.39 is 6.23 Å². The number of hydrogen-bond donors (Lipinski definition) is 6. The quantitative estimate of drug-likeness (QED) is 0.0379. The predicted molar refractivity (Wildman–Crippen MR) is 213 cm³/mol. The second kappa shape index (κ2) is 39.8.